The number of imidazole rings is 1. The number of pyridine rings is 1. The van der Waals surface area contributed by atoms with Crippen LogP contribution in [-0.4, -0.2) is 73.7 Å². The summed E-state index contributed by atoms with van der Waals surface area (Å²) in [6, 6.07) is 9.22. The molecule has 0 fully saturated rings. The minimum Gasteiger partial charge on any atom is -0.494 e. The number of hydrogen-bond acceptors (Lipinski definition) is 10. The minimum absolute atomic E-state index is 0.00165. The Morgan fingerprint density at radius 3 is 2.39 bits per heavy atom. The number of para-hydroxylation sites is 1. The van der Waals surface area contributed by atoms with E-state index in [1.165, 1.54) is 55.8 Å². The number of fused-ring (bicyclic) bond motifs is 1. The molecule has 0 aliphatic rings. The maximum atomic E-state index is 14.8. The molecule has 1 aromatic carbocycles. The van der Waals surface area contributed by atoms with E-state index in [1.54, 1.807) is 34.9 Å². The van der Waals surface area contributed by atoms with Crippen molar-refractivity contribution in [3.8, 4) is 28.8 Å². The summed E-state index contributed by atoms with van der Waals surface area (Å²) in [5.74, 6) is 0.777. The molecule has 0 aliphatic carbocycles. The van der Waals surface area contributed by atoms with E-state index in [-0.39, 0.29) is 46.7 Å². The van der Waals surface area contributed by atoms with E-state index >= 15 is 0 Å². The number of allylic oxidation sites excluding steroid dienone is 1. The van der Waals surface area contributed by atoms with Crippen molar-refractivity contribution in [3.63, 3.8) is 0 Å². The normalized spacial score (nSPS) is 12.6. The van der Waals surface area contributed by atoms with Crippen molar-refractivity contribution in [1.29, 1.82) is 0 Å². The zero-order valence-corrected chi connectivity index (χ0v) is 28.5. The minimum atomic E-state index is -4.29. The number of hydrogen-bond donors (Lipinski definition) is 0. The molecule has 0 aliphatic heterocycles. The summed E-state index contributed by atoms with van der Waals surface area (Å²) in [5.41, 5.74) is 0.915. The molecule has 0 atom stereocenters. The molecule has 5 rings (SSSR count). The number of rotatable bonds is 13. The van der Waals surface area contributed by atoms with Gasteiger partial charge in [0.2, 0.25) is 11.8 Å². The van der Waals surface area contributed by atoms with Crippen LogP contribution in [0.3, 0.4) is 0 Å². The fraction of sp³-hybridized carbons (Fsp3) is 0.333. The van der Waals surface area contributed by atoms with Crippen molar-refractivity contribution in [2.45, 2.75) is 39.3 Å². The molecular formula is C30H36FN7O6SSi. The summed E-state index contributed by atoms with van der Waals surface area (Å²) in [7, 11) is -1.60. The Morgan fingerprint density at radius 1 is 1.07 bits per heavy atom. The van der Waals surface area contributed by atoms with Crippen LogP contribution in [-0.2, 0) is 21.5 Å². The third-order valence-electron chi connectivity index (χ3n) is 7.23. The van der Waals surface area contributed by atoms with Crippen LogP contribution in [0, 0.1) is 5.82 Å². The first-order chi connectivity index (χ1) is 21.9. The molecule has 0 saturated heterocycles. The molecule has 46 heavy (non-hydrogen) atoms. The molecule has 4 aromatic heterocycles. The van der Waals surface area contributed by atoms with Gasteiger partial charge in [-0.05, 0) is 43.3 Å². The second-order valence-corrected chi connectivity index (χ2v) is 19.3. The molecule has 0 N–H and O–H groups in total. The van der Waals surface area contributed by atoms with E-state index in [9.17, 15) is 12.8 Å². The second-order valence-electron chi connectivity index (χ2n) is 11.6. The standard InChI is InChI=1S/C30H36FN7O6SSi/c1-20(16-22-26-27(21(31)17-32-22)36(18-33-26)19-41-2)45(39,40)37(13-15-46(5,6)7)30-35-34-29(25-12-9-14-44-25)38(30)28-23(42-3)10-8-11-24(28)43-4/h8-12,14,16-18H,13,15,19H2,1-7H3/b20-16-. The van der Waals surface area contributed by atoms with Crippen molar-refractivity contribution >= 4 is 41.2 Å². The highest BCUT2D eigenvalue weighted by molar-refractivity contribution is 7.96. The number of ether oxygens (including phenoxy) is 3. The second kappa shape index (κ2) is 13.1. The van der Waals surface area contributed by atoms with Gasteiger partial charge in [-0.2, -0.15) is 0 Å². The molecule has 0 spiro atoms. The van der Waals surface area contributed by atoms with Crippen molar-refractivity contribution < 1.29 is 31.4 Å². The van der Waals surface area contributed by atoms with E-state index in [0.29, 0.717) is 29.0 Å². The van der Waals surface area contributed by atoms with Crippen LogP contribution in [0.5, 0.6) is 11.5 Å². The number of methoxy groups -OCH3 is 3. The van der Waals surface area contributed by atoms with Gasteiger partial charge in [0, 0.05) is 21.7 Å². The Labute approximate surface area is 267 Å². The zero-order chi connectivity index (χ0) is 33.2. The lowest BCUT2D eigenvalue weighted by Gasteiger charge is -2.27. The number of halogens is 1. The summed E-state index contributed by atoms with van der Waals surface area (Å²) in [5, 5.41) is 8.82. The lowest BCUT2D eigenvalue weighted by Crippen LogP contribution is -2.38. The largest absolute Gasteiger partial charge is 0.494 e. The highest BCUT2D eigenvalue weighted by atomic mass is 32.2. The lowest BCUT2D eigenvalue weighted by molar-refractivity contribution is 0.134. The molecule has 0 amide bonds. The van der Waals surface area contributed by atoms with Crippen LogP contribution in [0.4, 0.5) is 10.3 Å². The van der Waals surface area contributed by atoms with Gasteiger partial charge >= 0.3 is 0 Å². The van der Waals surface area contributed by atoms with Gasteiger partial charge in [0.05, 0.1) is 43.6 Å². The Hall–Kier alpha value is -4.54. The van der Waals surface area contributed by atoms with Crippen LogP contribution in [0.15, 0.2) is 58.4 Å². The predicted octanol–water partition coefficient (Wildman–Crippen LogP) is 5.57. The monoisotopic (exact) mass is 669 g/mol. The Morgan fingerprint density at radius 2 is 1.78 bits per heavy atom. The maximum absolute atomic E-state index is 14.8. The molecule has 4 heterocycles. The van der Waals surface area contributed by atoms with E-state index in [4.69, 9.17) is 18.6 Å². The summed E-state index contributed by atoms with van der Waals surface area (Å²) in [6.07, 6.45) is 5.32. The van der Waals surface area contributed by atoms with Gasteiger partial charge in [0.1, 0.15) is 35.0 Å². The van der Waals surface area contributed by atoms with Crippen molar-refractivity contribution in [2.24, 2.45) is 0 Å². The first kappa shape index (κ1) is 32.8. The summed E-state index contributed by atoms with van der Waals surface area (Å²) >= 11 is 0. The van der Waals surface area contributed by atoms with Crippen molar-refractivity contribution in [2.75, 3.05) is 32.2 Å². The number of sulfonamides is 1. The van der Waals surface area contributed by atoms with Gasteiger partial charge in [-0.3, -0.25) is 9.55 Å². The molecule has 0 radical (unpaired) electrons. The number of nitrogens with zero attached hydrogens (tertiary/aromatic N) is 7. The van der Waals surface area contributed by atoms with Crippen LogP contribution in [0.2, 0.25) is 25.7 Å². The first-order valence-corrected chi connectivity index (χ1v) is 19.5. The summed E-state index contributed by atoms with van der Waals surface area (Å²) in [4.78, 5) is 8.41. The zero-order valence-electron chi connectivity index (χ0n) is 26.7. The van der Waals surface area contributed by atoms with Gasteiger partial charge < -0.3 is 23.2 Å². The third-order valence-corrected chi connectivity index (χ3v) is 10.8. The van der Waals surface area contributed by atoms with E-state index in [2.05, 4.69) is 39.8 Å². The number of anilines is 1. The quantitative estimate of drug-likeness (QED) is 0.146. The third kappa shape index (κ3) is 6.27. The lowest BCUT2D eigenvalue weighted by atomic mass is 10.2. The van der Waals surface area contributed by atoms with E-state index in [1.807, 2.05) is 0 Å². The Kier molecular flexibility index (Phi) is 9.32. The highest BCUT2D eigenvalue weighted by Crippen LogP contribution is 2.40. The summed E-state index contributed by atoms with van der Waals surface area (Å²) in [6.45, 7) is 8.07. The molecule has 0 saturated carbocycles. The average Bonchev–Trinajstić information content (AvgIpc) is 3.78. The van der Waals surface area contributed by atoms with Crippen molar-refractivity contribution in [3.05, 3.63) is 65.5 Å². The molecule has 13 nitrogen and oxygen atoms in total. The topological polar surface area (TPSA) is 140 Å². The van der Waals surface area contributed by atoms with Crippen LogP contribution < -0.4 is 13.8 Å². The SMILES string of the molecule is COCn1cnc2c(/C=C(/C)S(=O)(=O)N(CC[Si](C)(C)C)c3nnc(-c4ccco4)n3-c3c(OC)cccc3OC)ncc(F)c21. The van der Waals surface area contributed by atoms with Crippen LogP contribution >= 0.6 is 0 Å². The van der Waals surface area contributed by atoms with Crippen LogP contribution in [0.1, 0.15) is 12.6 Å². The Balaban J connectivity index is 1.73. The van der Waals surface area contributed by atoms with Crippen LogP contribution in [0.25, 0.3) is 34.4 Å². The molecular weight excluding hydrogens is 634 g/mol. The number of furan rings is 1. The van der Waals surface area contributed by atoms with Gasteiger partial charge in [0.15, 0.2) is 11.6 Å². The molecule has 0 bridgehead atoms. The van der Waals surface area contributed by atoms with E-state index in [0.717, 1.165) is 6.20 Å². The van der Waals surface area contributed by atoms with Gasteiger partial charge in [0.25, 0.3) is 10.0 Å². The van der Waals surface area contributed by atoms with E-state index < -0.39 is 23.9 Å². The molecule has 5 aromatic rings. The first-order valence-electron chi connectivity index (χ1n) is 14.3. The number of aromatic nitrogens is 6. The average molecular weight is 670 g/mol. The highest BCUT2D eigenvalue weighted by Gasteiger charge is 2.34. The van der Waals surface area contributed by atoms with Gasteiger partial charge in [-0.1, -0.05) is 25.7 Å². The predicted molar refractivity (Wildman–Crippen MR) is 175 cm³/mol. The molecule has 244 valence electrons. The Bertz CT molecular complexity index is 1960. The van der Waals surface area contributed by atoms with Gasteiger partial charge in [-0.25, -0.2) is 22.1 Å². The maximum Gasteiger partial charge on any atom is 0.262 e. The molecule has 16 heteroatoms. The fourth-order valence-electron chi connectivity index (χ4n) is 4.88. The fourth-order valence-corrected chi connectivity index (χ4v) is 7.21. The van der Waals surface area contributed by atoms with Gasteiger partial charge in [-0.15, -0.1) is 10.2 Å². The summed E-state index contributed by atoms with van der Waals surface area (Å²) < 4.78 is 70.5. The number of benzene rings is 1. The smallest absolute Gasteiger partial charge is 0.262 e. The molecule has 0 unspecified atom stereocenters. The van der Waals surface area contributed by atoms with Crippen molar-refractivity contribution in [1.82, 2.24) is 29.3 Å².